The lowest BCUT2D eigenvalue weighted by atomic mass is 9.97. The van der Waals surface area contributed by atoms with Crippen molar-refractivity contribution in [1.29, 1.82) is 0 Å². The Labute approximate surface area is 197 Å². The van der Waals surface area contributed by atoms with Gasteiger partial charge in [0.2, 0.25) is 5.13 Å². The molecule has 1 aliphatic heterocycles. The van der Waals surface area contributed by atoms with E-state index in [9.17, 15) is 5.11 Å². The van der Waals surface area contributed by atoms with Gasteiger partial charge in [0.15, 0.2) is 0 Å². The lowest BCUT2D eigenvalue weighted by molar-refractivity contribution is 0.408. The molecule has 0 aliphatic carbocycles. The van der Waals surface area contributed by atoms with Crippen molar-refractivity contribution in [3.63, 3.8) is 0 Å². The van der Waals surface area contributed by atoms with Crippen molar-refractivity contribution in [3.05, 3.63) is 94.4 Å². The normalized spacial score (nSPS) is 15.5. The summed E-state index contributed by atoms with van der Waals surface area (Å²) >= 11 is 1.53. The maximum absolute atomic E-state index is 10.5. The highest BCUT2D eigenvalue weighted by atomic mass is 32.1. The first-order chi connectivity index (χ1) is 16.0. The van der Waals surface area contributed by atoms with Crippen LogP contribution in [0.3, 0.4) is 0 Å². The van der Waals surface area contributed by atoms with Gasteiger partial charge in [0.25, 0.3) is 0 Å². The Morgan fingerprint density at radius 2 is 1.82 bits per heavy atom. The minimum atomic E-state index is 0.0614. The molecule has 33 heavy (non-hydrogen) atoms. The fraction of sp³-hybridized carbons (Fsp3) is 0.185. The molecule has 1 aliphatic rings. The summed E-state index contributed by atoms with van der Waals surface area (Å²) in [7, 11) is 1.58. The summed E-state index contributed by atoms with van der Waals surface area (Å²) in [6.07, 6.45) is 0.801. The van der Waals surface area contributed by atoms with Crippen LogP contribution in [-0.4, -0.2) is 22.9 Å². The number of aromatic hydroxyl groups is 1. The second-order valence-electron chi connectivity index (χ2n) is 8.22. The number of phenolic OH excluding ortho intramolecular Hbond substituents is 1. The number of methoxy groups -OCH3 is 1. The van der Waals surface area contributed by atoms with Crippen LogP contribution in [0.4, 0.5) is 5.13 Å². The number of thiazole rings is 1. The third kappa shape index (κ3) is 4.10. The van der Waals surface area contributed by atoms with Crippen LogP contribution in [0.15, 0.2) is 77.2 Å². The molecule has 1 atom stereocenters. The molecule has 0 spiro atoms. The van der Waals surface area contributed by atoms with Crippen LogP contribution in [-0.2, 0) is 0 Å². The number of aromatic nitrogens is 1. The maximum Gasteiger partial charge on any atom is 0.207 e. The zero-order valence-corrected chi connectivity index (χ0v) is 19.6. The van der Waals surface area contributed by atoms with Crippen LogP contribution < -0.4 is 9.75 Å². The highest BCUT2D eigenvalue weighted by Crippen LogP contribution is 2.41. The number of aryl methyl sites for hydroxylation is 2. The molecule has 5 nitrogen and oxygen atoms in total. The third-order valence-electron chi connectivity index (χ3n) is 6.10. The van der Waals surface area contributed by atoms with Crippen molar-refractivity contribution >= 4 is 22.2 Å². The Kier molecular flexibility index (Phi) is 5.60. The van der Waals surface area contributed by atoms with Crippen molar-refractivity contribution in [2.24, 2.45) is 5.10 Å². The van der Waals surface area contributed by atoms with Crippen molar-refractivity contribution in [1.82, 2.24) is 4.98 Å². The highest BCUT2D eigenvalue weighted by molar-refractivity contribution is 7.14. The average molecular weight is 456 g/mol. The van der Waals surface area contributed by atoms with Gasteiger partial charge in [0, 0.05) is 23.4 Å². The molecule has 166 valence electrons. The number of phenols is 1. The molecule has 1 aromatic heterocycles. The number of nitrogens with zero attached hydrogens (tertiary/aromatic N) is 3. The molecular weight excluding hydrogens is 430 g/mol. The molecule has 0 radical (unpaired) electrons. The molecule has 2 heterocycles. The van der Waals surface area contributed by atoms with Crippen LogP contribution in [0.1, 0.15) is 34.7 Å². The zero-order valence-electron chi connectivity index (χ0n) is 18.8. The summed E-state index contributed by atoms with van der Waals surface area (Å²) in [4.78, 5) is 4.85. The van der Waals surface area contributed by atoms with Crippen LogP contribution in [0.2, 0.25) is 0 Å². The van der Waals surface area contributed by atoms with Gasteiger partial charge in [-0.3, -0.25) is 0 Å². The lowest BCUT2D eigenvalue weighted by Gasteiger charge is -2.21. The molecular formula is C27H25N3O2S. The molecule has 3 aromatic carbocycles. The molecule has 5 rings (SSSR count). The minimum absolute atomic E-state index is 0.0614. The zero-order chi connectivity index (χ0) is 22.9. The van der Waals surface area contributed by atoms with E-state index in [1.165, 1.54) is 28.0 Å². The molecule has 6 heteroatoms. The molecule has 1 N–H and O–H groups in total. The summed E-state index contributed by atoms with van der Waals surface area (Å²) < 4.78 is 5.20. The first kappa shape index (κ1) is 21.2. The van der Waals surface area contributed by atoms with Gasteiger partial charge in [0.1, 0.15) is 11.5 Å². The standard InChI is InChI=1S/C27H25N3O2S/c1-17-9-10-20(13-18(17)2)23-15-25(19-7-5-4-6-8-19)30(29-23)27-28-24(16-33-27)22-12-11-21(32-3)14-26(22)31/h4-14,16,25,31H,15H2,1-3H3. The van der Waals surface area contributed by atoms with E-state index in [1.807, 2.05) is 28.6 Å². The van der Waals surface area contributed by atoms with E-state index >= 15 is 0 Å². The average Bonchev–Trinajstić information content (AvgIpc) is 3.49. The Morgan fingerprint density at radius 3 is 2.55 bits per heavy atom. The van der Waals surface area contributed by atoms with E-state index in [4.69, 9.17) is 14.8 Å². The molecule has 0 saturated carbocycles. The minimum Gasteiger partial charge on any atom is -0.507 e. The maximum atomic E-state index is 10.5. The summed E-state index contributed by atoms with van der Waals surface area (Å²) in [5, 5.41) is 20.3. The van der Waals surface area contributed by atoms with Gasteiger partial charge in [-0.15, -0.1) is 11.3 Å². The smallest absolute Gasteiger partial charge is 0.207 e. The predicted molar refractivity (Wildman–Crippen MR) is 134 cm³/mol. The third-order valence-corrected chi connectivity index (χ3v) is 6.93. The summed E-state index contributed by atoms with van der Waals surface area (Å²) in [5.74, 6) is 0.754. The Hall–Kier alpha value is -3.64. The number of ether oxygens (including phenoxy) is 1. The Bertz CT molecular complexity index is 1330. The van der Waals surface area contributed by atoms with Gasteiger partial charge in [-0.2, -0.15) is 5.10 Å². The van der Waals surface area contributed by atoms with Gasteiger partial charge in [0.05, 0.1) is 24.6 Å². The van der Waals surface area contributed by atoms with E-state index in [2.05, 4.69) is 56.3 Å². The topological polar surface area (TPSA) is 58.0 Å². The summed E-state index contributed by atoms with van der Waals surface area (Å²) in [6.45, 7) is 4.26. The fourth-order valence-corrected chi connectivity index (χ4v) is 4.89. The predicted octanol–water partition coefficient (Wildman–Crippen LogP) is 6.50. The van der Waals surface area contributed by atoms with Crippen LogP contribution >= 0.6 is 11.3 Å². The Morgan fingerprint density at radius 1 is 1.00 bits per heavy atom. The van der Waals surface area contributed by atoms with Crippen LogP contribution in [0, 0.1) is 13.8 Å². The SMILES string of the molecule is COc1ccc(-c2csc(N3N=C(c4ccc(C)c(C)c4)CC3c3ccccc3)n2)c(O)c1. The van der Waals surface area contributed by atoms with Crippen molar-refractivity contribution < 1.29 is 9.84 Å². The van der Waals surface area contributed by atoms with Crippen LogP contribution in [0.25, 0.3) is 11.3 Å². The molecule has 1 unspecified atom stereocenters. The largest absolute Gasteiger partial charge is 0.507 e. The van der Waals surface area contributed by atoms with E-state index in [0.717, 1.165) is 28.5 Å². The van der Waals surface area contributed by atoms with Crippen LogP contribution in [0.5, 0.6) is 11.5 Å². The number of hydrogen-bond donors (Lipinski definition) is 1. The second kappa shape index (κ2) is 8.71. The van der Waals surface area contributed by atoms with E-state index in [0.29, 0.717) is 11.3 Å². The first-order valence-electron chi connectivity index (χ1n) is 10.9. The van der Waals surface area contributed by atoms with E-state index < -0.39 is 0 Å². The summed E-state index contributed by atoms with van der Waals surface area (Å²) in [6, 6.07) is 22.3. The molecule has 0 amide bonds. The number of anilines is 1. The van der Waals surface area contributed by atoms with Gasteiger partial charge in [-0.25, -0.2) is 9.99 Å². The van der Waals surface area contributed by atoms with Gasteiger partial charge < -0.3 is 9.84 Å². The molecule has 0 fully saturated rings. The number of hydrogen-bond acceptors (Lipinski definition) is 6. The second-order valence-corrected chi connectivity index (χ2v) is 9.06. The van der Waals surface area contributed by atoms with E-state index in [1.54, 1.807) is 13.2 Å². The lowest BCUT2D eigenvalue weighted by Crippen LogP contribution is -2.18. The van der Waals surface area contributed by atoms with Gasteiger partial charge >= 0.3 is 0 Å². The first-order valence-corrected chi connectivity index (χ1v) is 11.7. The van der Waals surface area contributed by atoms with Crippen molar-refractivity contribution in [3.8, 4) is 22.8 Å². The molecule has 0 bridgehead atoms. The van der Waals surface area contributed by atoms with Crippen molar-refractivity contribution in [2.45, 2.75) is 26.3 Å². The number of hydrazone groups is 1. The van der Waals surface area contributed by atoms with Gasteiger partial charge in [-0.05, 0) is 54.3 Å². The number of benzene rings is 3. The highest BCUT2D eigenvalue weighted by Gasteiger charge is 2.32. The molecule has 4 aromatic rings. The quantitative estimate of drug-likeness (QED) is 0.373. The van der Waals surface area contributed by atoms with Gasteiger partial charge in [-0.1, -0.05) is 42.5 Å². The molecule has 0 saturated heterocycles. The fourth-order valence-electron chi connectivity index (χ4n) is 4.07. The number of rotatable bonds is 5. The summed E-state index contributed by atoms with van der Waals surface area (Å²) in [5.41, 5.74) is 7.32. The monoisotopic (exact) mass is 455 g/mol. The van der Waals surface area contributed by atoms with Crippen molar-refractivity contribution in [2.75, 3.05) is 12.1 Å². The Balaban J connectivity index is 1.53. The van der Waals surface area contributed by atoms with E-state index in [-0.39, 0.29) is 11.8 Å².